The zero-order chi connectivity index (χ0) is 16.5. The van der Waals surface area contributed by atoms with Crippen LogP contribution in [0.2, 0.25) is 0 Å². The third-order valence-corrected chi connectivity index (χ3v) is 5.48. The van der Waals surface area contributed by atoms with Crippen LogP contribution in [-0.4, -0.2) is 22.0 Å². The molecule has 0 spiro atoms. The molecule has 4 heteroatoms. The van der Waals surface area contributed by atoms with Crippen LogP contribution in [0.25, 0.3) is 0 Å². The minimum absolute atomic E-state index is 0.0561. The molecule has 24 heavy (non-hydrogen) atoms. The van der Waals surface area contributed by atoms with Crippen LogP contribution in [0.4, 0.5) is 5.69 Å². The Morgan fingerprint density at radius 2 is 1.62 bits per heavy atom. The molecular formula is C20H20N2OS. The van der Waals surface area contributed by atoms with E-state index in [4.69, 9.17) is 12.2 Å². The molecule has 2 fully saturated rings. The lowest BCUT2D eigenvalue weighted by Gasteiger charge is -2.44. The van der Waals surface area contributed by atoms with E-state index >= 15 is 0 Å². The standard InChI is InChI=1S/C20H20N2OS/c23-19-17-12-7-13-18(17)21(14-15-8-3-1-4-9-15)20(24)22(19)16-10-5-2-6-11-16/h1-6,8-11,17-18H,7,12-14H2/t17-,18+/m1/s1. The second kappa shape index (κ2) is 6.36. The van der Waals surface area contributed by atoms with Crippen LogP contribution in [0.5, 0.6) is 0 Å². The SMILES string of the molecule is O=C1[C@@H]2CCC[C@@H]2N(Cc2ccccc2)C(=S)N1c1ccccc1. The molecule has 2 aromatic rings. The Morgan fingerprint density at radius 1 is 0.958 bits per heavy atom. The van der Waals surface area contributed by atoms with E-state index in [0.29, 0.717) is 5.11 Å². The van der Waals surface area contributed by atoms with E-state index < -0.39 is 0 Å². The summed E-state index contributed by atoms with van der Waals surface area (Å²) in [5.74, 6) is 0.221. The summed E-state index contributed by atoms with van der Waals surface area (Å²) in [7, 11) is 0. The quantitative estimate of drug-likeness (QED) is 0.792. The lowest BCUT2D eigenvalue weighted by molar-refractivity contribution is -0.123. The molecule has 122 valence electrons. The maximum absolute atomic E-state index is 13.0. The summed E-state index contributed by atoms with van der Waals surface area (Å²) in [4.78, 5) is 17.0. The monoisotopic (exact) mass is 336 g/mol. The number of carbonyl (C=O) groups excluding carboxylic acids is 1. The van der Waals surface area contributed by atoms with Gasteiger partial charge in [0.15, 0.2) is 5.11 Å². The minimum Gasteiger partial charge on any atom is -0.340 e. The Bertz CT molecular complexity index is 747. The number of nitrogens with zero attached hydrogens (tertiary/aromatic N) is 2. The van der Waals surface area contributed by atoms with Crippen LogP contribution in [0.1, 0.15) is 24.8 Å². The molecule has 1 saturated carbocycles. The molecule has 0 N–H and O–H groups in total. The van der Waals surface area contributed by atoms with Crippen LogP contribution in [-0.2, 0) is 11.3 Å². The Labute approximate surface area is 147 Å². The van der Waals surface area contributed by atoms with Crippen LogP contribution >= 0.6 is 12.2 Å². The number of benzene rings is 2. The van der Waals surface area contributed by atoms with Gasteiger partial charge in [-0.15, -0.1) is 0 Å². The topological polar surface area (TPSA) is 23.6 Å². The van der Waals surface area contributed by atoms with Gasteiger partial charge in [-0.3, -0.25) is 9.69 Å². The van der Waals surface area contributed by atoms with Gasteiger partial charge in [0.2, 0.25) is 5.91 Å². The number of hydrogen-bond donors (Lipinski definition) is 0. The summed E-state index contributed by atoms with van der Waals surface area (Å²) < 4.78 is 0. The molecule has 0 unspecified atom stereocenters. The third-order valence-electron chi connectivity index (χ3n) is 5.06. The van der Waals surface area contributed by atoms with Crippen molar-refractivity contribution >= 4 is 28.9 Å². The normalized spacial score (nSPS) is 23.5. The molecule has 1 aliphatic carbocycles. The number of hydrogen-bond acceptors (Lipinski definition) is 2. The van der Waals surface area contributed by atoms with Crippen molar-refractivity contribution < 1.29 is 4.79 Å². The van der Waals surface area contributed by atoms with Crippen molar-refractivity contribution in [2.45, 2.75) is 31.8 Å². The second-order valence-corrected chi connectivity index (χ2v) is 6.88. The maximum atomic E-state index is 13.0. The first kappa shape index (κ1) is 15.3. The van der Waals surface area contributed by atoms with Gasteiger partial charge in [-0.05, 0) is 42.8 Å². The zero-order valence-corrected chi connectivity index (χ0v) is 14.3. The van der Waals surface area contributed by atoms with Gasteiger partial charge in [0.05, 0.1) is 11.6 Å². The Morgan fingerprint density at radius 3 is 2.33 bits per heavy atom. The van der Waals surface area contributed by atoms with E-state index in [9.17, 15) is 4.79 Å². The van der Waals surface area contributed by atoms with Crippen molar-refractivity contribution in [3.05, 3.63) is 66.2 Å². The fourth-order valence-electron chi connectivity index (χ4n) is 3.91. The third kappa shape index (κ3) is 2.61. The smallest absolute Gasteiger partial charge is 0.238 e. The summed E-state index contributed by atoms with van der Waals surface area (Å²) >= 11 is 5.76. The van der Waals surface area contributed by atoms with Gasteiger partial charge >= 0.3 is 0 Å². The molecule has 0 radical (unpaired) electrons. The average Bonchev–Trinajstić information content (AvgIpc) is 3.11. The highest BCUT2D eigenvalue weighted by molar-refractivity contribution is 7.80. The number of para-hydroxylation sites is 1. The first-order valence-corrected chi connectivity index (χ1v) is 8.90. The van der Waals surface area contributed by atoms with Gasteiger partial charge in [-0.2, -0.15) is 0 Å². The van der Waals surface area contributed by atoms with Gasteiger partial charge in [0.25, 0.3) is 0 Å². The first-order valence-electron chi connectivity index (χ1n) is 8.49. The fourth-order valence-corrected chi connectivity index (χ4v) is 4.31. The lowest BCUT2D eigenvalue weighted by Crippen LogP contribution is -2.60. The van der Waals surface area contributed by atoms with E-state index in [-0.39, 0.29) is 17.9 Å². The van der Waals surface area contributed by atoms with E-state index in [0.717, 1.165) is 31.5 Å². The minimum atomic E-state index is 0.0561. The maximum Gasteiger partial charge on any atom is 0.238 e. The molecule has 1 saturated heterocycles. The predicted molar refractivity (Wildman–Crippen MR) is 99.6 cm³/mol. The molecule has 0 aromatic heterocycles. The number of thiocarbonyl (C=S) groups is 1. The Kier molecular flexibility index (Phi) is 4.07. The van der Waals surface area contributed by atoms with Crippen molar-refractivity contribution in [2.24, 2.45) is 5.92 Å². The molecule has 1 heterocycles. The Balaban J connectivity index is 1.70. The van der Waals surface area contributed by atoms with E-state index in [1.165, 1.54) is 5.56 Å². The fraction of sp³-hybridized carbons (Fsp3) is 0.300. The van der Waals surface area contributed by atoms with Crippen molar-refractivity contribution in [3.63, 3.8) is 0 Å². The summed E-state index contributed by atoms with van der Waals surface area (Å²) in [6.45, 7) is 0.761. The summed E-state index contributed by atoms with van der Waals surface area (Å²) in [6, 6.07) is 20.4. The van der Waals surface area contributed by atoms with Crippen molar-refractivity contribution in [3.8, 4) is 0 Å². The molecule has 2 atom stereocenters. The van der Waals surface area contributed by atoms with Gasteiger partial charge in [-0.25, -0.2) is 0 Å². The molecule has 1 amide bonds. The van der Waals surface area contributed by atoms with Gasteiger partial charge in [0, 0.05) is 12.6 Å². The molecule has 2 aromatic carbocycles. The van der Waals surface area contributed by atoms with Crippen LogP contribution in [0.3, 0.4) is 0 Å². The van der Waals surface area contributed by atoms with Crippen LogP contribution in [0.15, 0.2) is 60.7 Å². The zero-order valence-electron chi connectivity index (χ0n) is 13.5. The van der Waals surface area contributed by atoms with E-state index in [2.05, 4.69) is 29.2 Å². The average molecular weight is 336 g/mol. The van der Waals surface area contributed by atoms with E-state index in [1.54, 1.807) is 4.90 Å². The van der Waals surface area contributed by atoms with Crippen molar-refractivity contribution in [1.29, 1.82) is 0 Å². The molecule has 1 aliphatic heterocycles. The highest BCUT2D eigenvalue weighted by Gasteiger charge is 2.46. The number of rotatable bonds is 3. The van der Waals surface area contributed by atoms with Gasteiger partial charge < -0.3 is 4.90 Å². The Hall–Kier alpha value is -2.20. The van der Waals surface area contributed by atoms with Gasteiger partial charge in [0.1, 0.15) is 0 Å². The summed E-state index contributed by atoms with van der Waals surface area (Å²) in [5.41, 5.74) is 2.10. The number of carbonyl (C=O) groups is 1. The number of anilines is 1. The van der Waals surface area contributed by atoms with Crippen LogP contribution < -0.4 is 4.90 Å². The lowest BCUT2D eigenvalue weighted by atomic mass is 9.96. The highest BCUT2D eigenvalue weighted by Crippen LogP contribution is 2.38. The summed E-state index contributed by atoms with van der Waals surface area (Å²) in [6.07, 6.45) is 3.10. The first-order chi connectivity index (χ1) is 11.8. The molecule has 3 nitrogen and oxygen atoms in total. The number of amides is 1. The van der Waals surface area contributed by atoms with Crippen molar-refractivity contribution in [2.75, 3.05) is 4.90 Å². The largest absolute Gasteiger partial charge is 0.340 e. The van der Waals surface area contributed by atoms with E-state index in [1.807, 2.05) is 36.4 Å². The molecule has 0 bridgehead atoms. The molecular weight excluding hydrogens is 316 g/mol. The van der Waals surface area contributed by atoms with Crippen molar-refractivity contribution in [1.82, 2.24) is 4.90 Å². The molecule has 4 rings (SSSR count). The number of fused-ring (bicyclic) bond motifs is 1. The molecule has 2 aliphatic rings. The van der Waals surface area contributed by atoms with Crippen LogP contribution in [0, 0.1) is 5.92 Å². The second-order valence-electron chi connectivity index (χ2n) is 6.51. The highest BCUT2D eigenvalue weighted by atomic mass is 32.1. The summed E-state index contributed by atoms with van der Waals surface area (Å²) in [5, 5.41) is 0.637. The van der Waals surface area contributed by atoms with Gasteiger partial charge in [-0.1, -0.05) is 55.0 Å². The predicted octanol–water partition coefficient (Wildman–Crippen LogP) is 3.99.